The van der Waals surface area contributed by atoms with Crippen LogP contribution in [0.4, 0.5) is 0 Å². The second-order valence-electron chi connectivity index (χ2n) is 4.58. The van der Waals surface area contributed by atoms with Gasteiger partial charge in [-0.2, -0.15) is 0 Å². The Bertz CT molecular complexity index is 339. The van der Waals surface area contributed by atoms with Gasteiger partial charge in [0.05, 0.1) is 5.56 Å². The molecule has 1 aromatic carbocycles. The molecule has 0 radical (unpaired) electrons. The number of hydrogen-bond acceptors (Lipinski definition) is 3. The minimum absolute atomic E-state index is 0.00991. The normalized spacial score (nSPS) is 18.8. The van der Waals surface area contributed by atoms with Gasteiger partial charge >= 0.3 is 0 Å². The summed E-state index contributed by atoms with van der Waals surface area (Å²) in [6, 6.07) is 5.39. The predicted octanol–water partition coefficient (Wildman–Crippen LogP) is 2.69. The smallest absolute Gasteiger partial charge is 0.124 e. The van der Waals surface area contributed by atoms with Crippen LogP contribution in [0.3, 0.4) is 0 Å². The predicted molar refractivity (Wildman–Crippen MR) is 63.6 cm³/mol. The molecule has 0 amide bonds. The second-order valence-corrected chi connectivity index (χ2v) is 4.58. The first kappa shape index (κ1) is 11.3. The molecule has 0 aromatic heterocycles. The maximum Gasteiger partial charge on any atom is 0.124 e. The lowest BCUT2D eigenvalue weighted by Crippen LogP contribution is -2.28. The van der Waals surface area contributed by atoms with Crippen molar-refractivity contribution >= 4 is 0 Å². The molecule has 16 heavy (non-hydrogen) atoms. The fraction of sp³-hybridized carbons (Fsp3) is 0.538. The molecule has 1 fully saturated rings. The zero-order valence-electron chi connectivity index (χ0n) is 9.61. The molecule has 2 rings (SSSR count). The molecule has 0 spiro atoms. The number of benzene rings is 1. The Morgan fingerprint density at radius 1 is 1.19 bits per heavy atom. The summed E-state index contributed by atoms with van der Waals surface area (Å²) in [5, 5.41) is 22.9. The van der Waals surface area contributed by atoms with Crippen LogP contribution in [0.25, 0.3) is 0 Å². The van der Waals surface area contributed by atoms with Gasteiger partial charge in [0.1, 0.15) is 11.5 Å². The van der Waals surface area contributed by atoms with Crippen LogP contribution in [0.15, 0.2) is 18.2 Å². The molecule has 3 nitrogen and oxygen atoms in total. The summed E-state index contributed by atoms with van der Waals surface area (Å²) >= 11 is 0. The highest BCUT2D eigenvalue weighted by atomic mass is 16.3. The molecule has 1 saturated carbocycles. The van der Waals surface area contributed by atoms with Crippen LogP contribution in [0.5, 0.6) is 11.5 Å². The lowest BCUT2D eigenvalue weighted by atomic mass is 10.0. The maximum absolute atomic E-state index is 9.74. The Balaban J connectivity index is 2.10. The molecular weight excluding hydrogens is 202 g/mol. The Morgan fingerprint density at radius 3 is 2.31 bits per heavy atom. The van der Waals surface area contributed by atoms with Crippen molar-refractivity contribution in [3.8, 4) is 11.5 Å². The van der Waals surface area contributed by atoms with Gasteiger partial charge < -0.3 is 15.5 Å². The molecule has 1 aliphatic rings. The largest absolute Gasteiger partial charge is 0.507 e. The van der Waals surface area contributed by atoms with Crippen LogP contribution in [0.1, 0.15) is 44.2 Å². The third kappa shape index (κ3) is 2.30. The summed E-state index contributed by atoms with van der Waals surface area (Å²) < 4.78 is 0. The Morgan fingerprint density at radius 2 is 1.75 bits per heavy atom. The minimum Gasteiger partial charge on any atom is -0.507 e. The average Bonchev–Trinajstić information content (AvgIpc) is 2.70. The number of nitrogens with one attached hydrogen (secondary N) is 1. The summed E-state index contributed by atoms with van der Waals surface area (Å²) in [6.07, 6.45) is 4.94. The van der Waals surface area contributed by atoms with Gasteiger partial charge in [-0.3, -0.25) is 0 Å². The highest BCUT2D eigenvalue weighted by molar-refractivity contribution is 5.44. The third-order valence-corrected chi connectivity index (χ3v) is 3.33. The summed E-state index contributed by atoms with van der Waals surface area (Å²) in [5.41, 5.74) is 0.606. The van der Waals surface area contributed by atoms with E-state index in [-0.39, 0.29) is 17.5 Å². The number of rotatable bonds is 3. The first-order chi connectivity index (χ1) is 7.68. The van der Waals surface area contributed by atoms with Crippen LogP contribution < -0.4 is 5.32 Å². The van der Waals surface area contributed by atoms with E-state index in [1.165, 1.54) is 25.7 Å². The molecular formula is C13H19NO2. The molecule has 88 valence electrons. The monoisotopic (exact) mass is 221 g/mol. The first-order valence-electron chi connectivity index (χ1n) is 5.95. The quantitative estimate of drug-likeness (QED) is 0.735. The van der Waals surface area contributed by atoms with Crippen LogP contribution in [0.2, 0.25) is 0 Å². The van der Waals surface area contributed by atoms with Gasteiger partial charge in [0.25, 0.3) is 0 Å². The summed E-state index contributed by atoms with van der Waals surface area (Å²) in [5.74, 6) is 0.330. The topological polar surface area (TPSA) is 52.5 Å². The number of phenols is 2. The fourth-order valence-corrected chi connectivity index (χ4v) is 2.51. The SMILES string of the molecule is CC(NC1CCCC1)c1c(O)cccc1O. The van der Waals surface area contributed by atoms with E-state index in [1.54, 1.807) is 18.2 Å². The molecule has 1 aliphatic carbocycles. The van der Waals surface area contributed by atoms with E-state index in [1.807, 2.05) is 6.92 Å². The van der Waals surface area contributed by atoms with E-state index >= 15 is 0 Å². The number of phenolic OH excluding ortho intramolecular Hbond substituents is 2. The van der Waals surface area contributed by atoms with Crippen molar-refractivity contribution in [1.29, 1.82) is 0 Å². The lowest BCUT2D eigenvalue weighted by molar-refractivity contribution is 0.399. The zero-order chi connectivity index (χ0) is 11.5. The van der Waals surface area contributed by atoms with Crippen molar-refractivity contribution in [2.75, 3.05) is 0 Å². The average molecular weight is 221 g/mol. The summed E-state index contributed by atoms with van der Waals surface area (Å²) in [6.45, 7) is 1.98. The van der Waals surface area contributed by atoms with Gasteiger partial charge in [-0.15, -0.1) is 0 Å². The minimum atomic E-state index is -0.00991. The van der Waals surface area contributed by atoms with Gasteiger partial charge in [-0.25, -0.2) is 0 Å². The molecule has 1 atom stereocenters. The van der Waals surface area contributed by atoms with Crippen molar-refractivity contribution in [3.63, 3.8) is 0 Å². The van der Waals surface area contributed by atoms with Gasteiger partial charge in [0.2, 0.25) is 0 Å². The standard InChI is InChI=1S/C13H19NO2/c1-9(14-10-5-2-3-6-10)13-11(15)7-4-8-12(13)16/h4,7-10,14-16H,2-3,5-6H2,1H3. The van der Waals surface area contributed by atoms with Gasteiger partial charge in [0.15, 0.2) is 0 Å². The first-order valence-corrected chi connectivity index (χ1v) is 5.95. The number of aromatic hydroxyl groups is 2. The molecule has 0 bridgehead atoms. The zero-order valence-corrected chi connectivity index (χ0v) is 9.61. The van der Waals surface area contributed by atoms with E-state index in [9.17, 15) is 10.2 Å². The Hall–Kier alpha value is -1.22. The molecule has 1 aromatic rings. The van der Waals surface area contributed by atoms with Gasteiger partial charge in [-0.1, -0.05) is 18.9 Å². The summed E-state index contributed by atoms with van der Waals surface area (Å²) in [4.78, 5) is 0. The molecule has 0 aliphatic heterocycles. The van der Waals surface area contributed by atoms with E-state index < -0.39 is 0 Å². The Labute approximate surface area is 96.1 Å². The number of hydrogen-bond donors (Lipinski definition) is 3. The Kier molecular flexibility index (Phi) is 3.34. The maximum atomic E-state index is 9.74. The van der Waals surface area contributed by atoms with Crippen molar-refractivity contribution < 1.29 is 10.2 Å². The highest BCUT2D eigenvalue weighted by Gasteiger charge is 2.20. The van der Waals surface area contributed by atoms with Crippen molar-refractivity contribution in [3.05, 3.63) is 23.8 Å². The molecule has 0 saturated heterocycles. The van der Waals surface area contributed by atoms with E-state index in [0.717, 1.165) is 0 Å². The van der Waals surface area contributed by atoms with E-state index in [4.69, 9.17) is 0 Å². The van der Waals surface area contributed by atoms with Crippen molar-refractivity contribution in [1.82, 2.24) is 5.32 Å². The fourth-order valence-electron chi connectivity index (χ4n) is 2.51. The second kappa shape index (κ2) is 4.74. The highest BCUT2D eigenvalue weighted by Crippen LogP contribution is 2.33. The van der Waals surface area contributed by atoms with Crippen molar-refractivity contribution in [2.45, 2.75) is 44.7 Å². The van der Waals surface area contributed by atoms with Crippen LogP contribution in [0, 0.1) is 0 Å². The van der Waals surface area contributed by atoms with E-state index in [0.29, 0.717) is 11.6 Å². The van der Waals surface area contributed by atoms with Gasteiger partial charge in [-0.05, 0) is 31.9 Å². The van der Waals surface area contributed by atoms with Crippen LogP contribution in [-0.2, 0) is 0 Å². The summed E-state index contributed by atoms with van der Waals surface area (Å²) in [7, 11) is 0. The van der Waals surface area contributed by atoms with Crippen molar-refractivity contribution in [2.24, 2.45) is 0 Å². The van der Waals surface area contributed by atoms with Gasteiger partial charge in [0, 0.05) is 12.1 Å². The van der Waals surface area contributed by atoms with Crippen LogP contribution >= 0.6 is 0 Å². The molecule has 0 heterocycles. The lowest BCUT2D eigenvalue weighted by Gasteiger charge is -2.21. The van der Waals surface area contributed by atoms with Crippen LogP contribution in [-0.4, -0.2) is 16.3 Å². The third-order valence-electron chi connectivity index (χ3n) is 3.33. The molecule has 3 heteroatoms. The molecule has 1 unspecified atom stereocenters. The van der Waals surface area contributed by atoms with E-state index in [2.05, 4.69) is 5.32 Å². The molecule has 3 N–H and O–H groups in total.